The highest BCUT2D eigenvalue weighted by Gasteiger charge is 2.18. The molecule has 0 N–H and O–H groups in total. The molecule has 1 aromatic rings. The van der Waals surface area contributed by atoms with Crippen LogP contribution in [0.25, 0.3) is 0 Å². The Kier molecular flexibility index (Phi) is 4.37. The highest BCUT2D eigenvalue weighted by Crippen LogP contribution is 2.26. The summed E-state index contributed by atoms with van der Waals surface area (Å²) in [7, 11) is 2.57. The van der Waals surface area contributed by atoms with Crippen LogP contribution in [0, 0.1) is 6.92 Å². The lowest BCUT2D eigenvalue weighted by atomic mass is 10.1. The monoisotopic (exact) mass is 245 g/mol. The van der Waals surface area contributed by atoms with Gasteiger partial charge < -0.3 is 9.47 Å². The van der Waals surface area contributed by atoms with Gasteiger partial charge >= 0.3 is 5.97 Å². The number of ether oxygens (including phenoxy) is 2. The van der Waals surface area contributed by atoms with Gasteiger partial charge in [0.05, 0.1) is 20.6 Å². The fourth-order valence-electron chi connectivity index (χ4n) is 1.42. The summed E-state index contributed by atoms with van der Waals surface area (Å²) >= 11 is 0. The Morgan fingerprint density at radius 2 is 2.12 bits per heavy atom. The molecule has 0 aromatic carbocycles. The number of aromatic nitrogens is 1. The summed E-state index contributed by atoms with van der Waals surface area (Å²) in [5.41, 5.74) is 0.413. The van der Waals surface area contributed by atoms with Crippen LogP contribution < -0.4 is 4.74 Å². The summed E-state index contributed by atoms with van der Waals surface area (Å²) in [6.45, 7) is 1.51. The number of nitrogens with zero attached hydrogens (tertiary/aromatic N) is 1. The van der Waals surface area contributed by atoms with Gasteiger partial charge in [0.1, 0.15) is 5.69 Å². The lowest BCUT2D eigenvalue weighted by Gasteiger charge is -2.11. The van der Waals surface area contributed by atoms with Crippen LogP contribution in [0.4, 0.5) is 8.78 Å². The molecule has 1 aromatic heterocycles. The average molecular weight is 245 g/mol. The minimum Gasteiger partial charge on any atom is -0.481 e. The van der Waals surface area contributed by atoms with Crippen LogP contribution >= 0.6 is 0 Å². The van der Waals surface area contributed by atoms with E-state index in [0.717, 1.165) is 0 Å². The number of pyridine rings is 1. The standard InChI is InChI=1S/C11H13F2NO3/c1-6-4-7(5-8(15)16-2)11(17-3)14-9(6)10(12)13/h4,10H,5H2,1-3H3. The summed E-state index contributed by atoms with van der Waals surface area (Å²) in [4.78, 5) is 14.8. The fraction of sp³-hybridized carbons (Fsp3) is 0.455. The maximum Gasteiger partial charge on any atom is 0.310 e. The molecule has 94 valence electrons. The Balaban J connectivity index is 3.14. The van der Waals surface area contributed by atoms with Crippen molar-refractivity contribution in [3.8, 4) is 5.88 Å². The number of carbonyl (C=O) groups is 1. The van der Waals surface area contributed by atoms with E-state index in [0.29, 0.717) is 11.1 Å². The van der Waals surface area contributed by atoms with E-state index in [1.165, 1.54) is 27.2 Å². The average Bonchev–Trinajstić information content (AvgIpc) is 2.28. The van der Waals surface area contributed by atoms with Gasteiger partial charge in [-0.2, -0.15) is 0 Å². The lowest BCUT2D eigenvalue weighted by molar-refractivity contribution is -0.139. The number of carbonyl (C=O) groups excluding carboxylic acids is 1. The maximum absolute atomic E-state index is 12.6. The van der Waals surface area contributed by atoms with E-state index >= 15 is 0 Å². The number of aryl methyl sites for hydroxylation is 1. The van der Waals surface area contributed by atoms with E-state index < -0.39 is 12.4 Å². The summed E-state index contributed by atoms with van der Waals surface area (Å²) < 4.78 is 34.6. The third kappa shape index (κ3) is 3.12. The number of alkyl halides is 2. The summed E-state index contributed by atoms with van der Waals surface area (Å²) in [5, 5.41) is 0. The second kappa shape index (κ2) is 5.56. The number of esters is 1. The summed E-state index contributed by atoms with van der Waals surface area (Å²) in [5.74, 6) is -0.453. The number of methoxy groups -OCH3 is 2. The molecule has 0 atom stereocenters. The van der Waals surface area contributed by atoms with Gasteiger partial charge in [-0.05, 0) is 18.6 Å². The van der Waals surface area contributed by atoms with Crippen molar-refractivity contribution in [2.75, 3.05) is 14.2 Å². The van der Waals surface area contributed by atoms with Crippen LogP contribution in [-0.4, -0.2) is 25.2 Å². The number of halogens is 2. The second-order valence-electron chi connectivity index (χ2n) is 3.41. The third-order valence-corrected chi connectivity index (χ3v) is 2.25. The van der Waals surface area contributed by atoms with E-state index in [1.54, 1.807) is 0 Å². The van der Waals surface area contributed by atoms with E-state index in [9.17, 15) is 13.6 Å². The molecule has 17 heavy (non-hydrogen) atoms. The van der Waals surface area contributed by atoms with Crippen molar-refractivity contribution in [2.45, 2.75) is 19.8 Å². The van der Waals surface area contributed by atoms with Crippen LogP contribution in [0.1, 0.15) is 23.2 Å². The first kappa shape index (κ1) is 13.3. The van der Waals surface area contributed by atoms with Crippen molar-refractivity contribution in [1.82, 2.24) is 4.98 Å². The third-order valence-electron chi connectivity index (χ3n) is 2.25. The molecule has 0 aliphatic rings. The van der Waals surface area contributed by atoms with Crippen molar-refractivity contribution < 1.29 is 23.0 Å². The van der Waals surface area contributed by atoms with Crippen molar-refractivity contribution in [3.63, 3.8) is 0 Å². The highest BCUT2D eigenvalue weighted by atomic mass is 19.3. The molecule has 6 heteroatoms. The molecule has 0 saturated heterocycles. The van der Waals surface area contributed by atoms with Gasteiger partial charge in [-0.25, -0.2) is 13.8 Å². The first-order valence-electron chi connectivity index (χ1n) is 4.89. The molecule has 0 aliphatic carbocycles. The van der Waals surface area contributed by atoms with E-state index in [-0.39, 0.29) is 18.0 Å². The molecule has 0 spiro atoms. The molecule has 0 saturated carbocycles. The van der Waals surface area contributed by atoms with Crippen molar-refractivity contribution >= 4 is 5.97 Å². The number of rotatable bonds is 4. The Morgan fingerprint density at radius 3 is 2.59 bits per heavy atom. The largest absolute Gasteiger partial charge is 0.481 e. The SMILES string of the molecule is COC(=O)Cc1cc(C)c(C(F)F)nc1OC. The van der Waals surface area contributed by atoms with Crippen molar-refractivity contribution in [3.05, 3.63) is 22.9 Å². The predicted molar refractivity (Wildman–Crippen MR) is 56.2 cm³/mol. The van der Waals surface area contributed by atoms with E-state index in [4.69, 9.17) is 4.74 Å². The van der Waals surface area contributed by atoms with Crippen LogP contribution in [-0.2, 0) is 16.0 Å². The van der Waals surface area contributed by atoms with Gasteiger partial charge in [-0.15, -0.1) is 0 Å². The van der Waals surface area contributed by atoms with Crippen molar-refractivity contribution in [2.24, 2.45) is 0 Å². The highest BCUT2D eigenvalue weighted by molar-refractivity contribution is 5.73. The summed E-state index contributed by atoms with van der Waals surface area (Å²) in [6, 6.07) is 1.46. The normalized spacial score (nSPS) is 10.5. The molecule has 0 amide bonds. The molecule has 4 nitrogen and oxygen atoms in total. The number of hydrogen-bond acceptors (Lipinski definition) is 4. The van der Waals surface area contributed by atoms with Gasteiger partial charge in [0.2, 0.25) is 5.88 Å². The molecular weight excluding hydrogens is 232 g/mol. The minimum absolute atomic E-state index is 0.0244. The van der Waals surface area contributed by atoms with Gasteiger partial charge in [-0.3, -0.25) is 4.79 Å². The molecule has 0 aliphatic heterocycles. The number of hydrogen-bond donors (Lipinski definition) is 0. The second-order valence-corrected chi connectivity index (χ2v) is 3.41. The van der Waals surface area contributed by atoms with Crippen LogP contribution in [0.2, 0.25) is 0 Å². The lowest BCUT2D eigenvalue weighted by Crippen LogP contribution is -2.09. The topological polar surface area (TPSA) is 48.4 Å². The Hall–Kier alpha value is -1.72. The molecule has 0 bridgehead atoms. The Labute approximate surface area is 97.6 Å². The quantitative estimate of drug-likeness (QED) is 0.762. The molecule has 0 fully saturated rings. The molecular formula is C11H13F2NO3. The predicted octanol–water partition coefficient (Wildman–Crippen LogP) is 2.05. The molecule has 1 rings (SSSR count). The van der Waals surface area contributed by atoms with E-state index in [2.05, 4.69) is 9.72 Å². The van der Waals surface area contributed by atoms with Gasteiger partial charge in [-0.1, -0.05) is 0 Å². The molecule has 0 radical (unpaired) electrons. The van der Waals surface area contributed by atoms with Gasteiger partial charge in [0.25, 0.3) is 6.43 Å². The Bertz CT molecular complexity index is 421. The first-order chi connectivity index (χ1) is 7.99. The van der Waals surface area contributed by atoms with Gasteiger partial charge in [0, 0.05) is 5.56 Å². The fourth-order valence-corrected chi connectivity index (χ4v) is 1.42. The maximum atomic E-state index is 12.6. The zero-order valence-electron chi connectivity index (χ0n) is 9.79. The van der Waals surface area contributed by atoms with Crippen LogP contribution in [0.3, 0.4) is 0 Å². The van der Waals surface area contributed by atoms with Crippen LogP contribution in [0.5, 0.6) is 5.88 Å². The summed E-state index contributed by atoms with van der Waals surface area (Å²) in [6.07, 6.45) is -2.73. The van der Waals surface area contributed by atoms with Crippen LogP contribution in [0.15, 0.2) is 6.07 Å². The van der Waals surface area contributed by atoms with Crippen molar-refractivity contribution in [1.29, 1.82) is 0 Å². The minimum atomic E-state index is -2.67. The first-order valence-corrected chi connectivity index (χ1v) is 4.89. The Morgan fingerprint density at radius 1 is 1.47 bits per heavy atom. The molecule has 0 unspecified atom stereocenters. The molecule has 1 heterocycles. The van der Waals surface area contributed by atoms with E-state index in [1.807, 2.05) is 0 Å². The zero-order chi connectivity index (χ0) is 13.0. The smallest absolute Gasteiger partial charge is 0.310 e. The van der Waals surface area contributed by atoms with Gasteiger partial charge in [0.15, 0.2) is 0 Å². The zero-order valence-corrected chi connectivity index (χ0v) is 9.79.